The second-order valence-electron chi connectivity index (χ2n) is 23.8. The van der Waals surface area contributed by atoms with Gasteiger partial charge in [0.05, 0.1) is 10.4 Å². The van der Waals surface area contributed by atoms with E-state index in [9.17, 15) is 51.9 Å². The van der Waals surface area contributed by atoms with Gasteiger partial charge in [-0.15, -0.1) is 11.3 Å². The number of piperidine rings is 2. The van der Waals surface area contributed by atoms with E-state index in [-0.39, 0.29) is 78.1 Å². The number of thiophene rings is 1. The summed E-state index contributed by atoms with van der Waals surface area (Å²) in [5, 5.41) is 13.5. The molecule has 0 radical (unpaired) electrons. The summed E-state index contributed by atoms with van der Waals surface area (Å²) in [6.07, 6.45) is 0.209. The molecule has 6 heterocycles. The maximum Gasteiger partial charge on any atom is 0.389 e. The number of nitrogens with zero attached hydrogens (tertiary/aromatic N) is 4. The Bertz CT molecular complexity index is 3380. The van der Waals surface area contributed by atoms with Crippen LogP contribution in [0.25, 0.3) is 10.1 Å². The third-order valence-electron chi connectivity index (χ3n) is 17.0. The molecule has 464 valence electrons. The smallest absolute Gasteiger partial charge is 0.352 e. The third-order valence-corrected chi connectivity index (χ3v) is 18.5. The fourth-order valence-corrected chi connectivity index (χ4v) is 13.4. The number of alkyl halides is 2. The van der Waals surface area contributed by atoms with Crippen LogP contribution < -0.4 is 32.3 Å². The summed E-state index contributed by atoms with van der Waals surface area (Å²) in [5.74, 6) is 2.55. The standard InChI is InChI=1S/C61H73F2N10O12PS/c1-5-70-26-25-41-18-19-48(73(41)58(81)46(34-70)68-55(78)50-31-38-30-40(17-21-49(38)87-50)61(62,63)85-86(83)84)54(77)67-45(32-65-59(64)82)52(75)66-44(29-36-13-15-39(16-14-36)60(2,3)4)57(80)71-27-23-35(24-28-71)9-6-7-10-37-11-8-12-42-43(37)33-72(56(42)79)47-20-22-51(74)69-53(47)76/h8,11-17,21,30-31,35,41,44-48,83-84H,5-6,9,18-20,22-29,32-34H2,1-4H3,(H,66,75)(H,67,77)(H,68,78)(H3,64,65,82)(H,69,74,76)/t41-,44+,45+,46+,47?,48+/m1/s1. The van der Waals surface area contributed by atoms with Gasteiger partial charge in [0.1, 0.15) is 30.2 Å². The van der Waals surface area contributed by atoms with E-state index in [1.54, 1.807) is 17.0 Å². The Morgan fingerprint density at radius 2 is 1.63 bits per heavy atom. The molecule has 5 aliphatic heterocycles. The van der Waals surface area contributed by atoms with E-state index in [1.165, 1.54) is 21.9 Å². The van der Waals surface area contributed by atoms with Crippen molar-refractivity contribution in [2.75, 3.05) is 39.3 Å². The van der Waals surface area contributed by atoms with Crippen molar-refractivity contribution in [3.63, 3.8) is 0 Å². The van der Waals surface area contributed by atoms with Crippen LogP contribution in [0.15, 0.2) is 66.7 Å². The highest BCUT2D eigenvalue weighted by Crippen LogP contribution is 2.43. The summed E-state index contributed by atoms with van der Waals surface area (Å²) in [6, 6.07) is 10.9. The van der Waals surface area contributed by atoms with Gasteiger partial charge < -0.3 is 56.4 Å². The lowest BCUT2D eigenvalue weighted by atomic mass is 9.86. The third kappa shape index (κ3) is 15.3. The van der Waals surface area contributed by atoms with Crippen molar-refractivity contribution in [2.24, 2.45) is 11.7 Å². The number of primary amides is 1. The van der Waals surface area contributed by atoms with Gasteiger partial charge in [0.2, 0.25) is 35.4 Å². The molecule has 0 spiro atoms. The van der Waals surface area contributed by atoms with Crippen LogP contribution in [0.2, 0.25) is 0 Å². The van der Waals surface area contributed by atoms with Crippen molar-refractivity contribution < 1.29 is 66.2 Å². The van der Waals surface area contributed by atoms with Crippen LogP contribution in [0, 0.1) is 17.8 Å². The molecule has 0 saturated carbocycles. The van der Waals surface area contributed by atoms with Crippen LogP contribution in [0.3, 0.4) is 0 Å². The van der Waals surface area contributed by atoms with Crippen LogP contribution in [-0.2, 0) is 57.8 Å². The lowest BCUT2D eigenvalue weighted by Crippen LogP contribution is -2.63. The molecule has 9 N–H and O–H groups in total. The Hall–Kier alpha value is -7.46. The molecule has 4 saturated heterocycles. The first-order valence-electron chi connectivity index (χ1n) is 29.3. The van der Waals surface area contributed by atoms with Crippen LogP contribution in [-0.4, -0.2) is 158 Å². The number of nitrogens with two attached hydrogens (primary N) is 1. The number of benzene rings is 3. The largest absolute Gasteiger partial charge is 0.389 e. The van der Waals surface area contributed by atoms with E-state index in [4.69, 9.17) is 15.5 Å². The molecule has 1 unspecified atom stereocenters. The summed E-state index contributed by atoms with van der Waals surface area (Å²) in [7, 11) is -3.38. The van der Waals surface area contributed by atoms with Gasteiger partial charge in [0.15, 0.2) is 0 Å². The van der Waals surface area contributed by atoms with Gasteiger partial charge in [-0.05, 0) is 121 Å². The predicted molar refractivity (Wildman–Crippen MR) is 318 cm³/mol. The fourth-order valence-electron chi connectivity index (χ4n) is 12.1. The Morgan fingerprint density at radius 1 is 0.897 bits per heavy atom. The molecular formula is C61H73F2N10O12PS. The highest BCUT2D eigenvalue weighted by atomic mass is 32.1. The van der Waals surface area contributed by atoms with E-state index < -0.39 is 98.6 Å². The molecule has 6 atom stereocenters. The minimum atomic E-state index is -4.03. The first-order chi connectivity index (χ1) is 41.4. The highest BCUT2D eigenvalue weighted by molar-refractivity contribution is 7.39. The lowest BCUT2D eigenvalue weighted by molar-refractivity contribution is -0.189. The number of fused-ring (bicyclic) bond motifs is 3. The molecule has 22 nitrogen and oxygen atoms in total. The number of carbonyl (C=O) groups is 9. The van der Waals surface area contributed by atoms with E-state index in [1.807, 2.05) is 42.2 Å². The number of likely N-dealkylation sites (N-methyl/N-ethyl adjacent to an activating group) is 1. The van der Waals surface area contributed by atoms with Crippen LogP contribution in [0.4, 0.5) is 13.6 Å². The Kier molecular flexibility index (Phi) is 20.1. The highest BCUT2D eigenvalue weighted by Gasteiger charge is 2.46. The van der Waals surface area contributed by atoms with E-state index in [2.05, 4.69) is 63.7 Å². The maximum absolute atomic E-state index is 14.8. The van der Waals surface area contributed by atoms with Crippen LogP contribution in [0.1, 0.15) is 133 Å². The SMILES string of the molecule is CCN1CC[C@H]2CC[C@@H](C(=O)N[C@@H](CNC(N)=O)C(=O)N[C@@H](Cc3ccc(C(C)(C)C)cc3)C(=O)N3CCC(CCC#Cc4cccc5c4CN(C4CCC(=O)NC4=O)C5=O)CC3)N2C(=O)[C@@H](NC(=O)c2cc3cc(C(F)(F)OP(O)O)ccc3s2)C1. The summed E-state index contributed by atoms with van der Waals surface area (Å²) >= 11 is 0.989. The van der Waals surface area contributed by atoms with Crippen molar-refractivity contribution >= 4 is 83.3 Å². The number of hydrogen-bond donors (Lipinski definition) is 8. The van der Waals surface area contributed by atoms with Crippen LogP contribution in [0.5, 0.6) is 0 Å². The number of halogens is 2. The van der Waals surface area contributed by atoms with Crippen molar-refractivity contribution in [1.82, 2.24) is 46.2 Å². The number of rotatable bonds is 18. The average Bonchev–Trinajstić information content (AvgIpc) is 4.40. The summed E-state index contributed by atoms with van der Waals surface area (Å²) in [4.78, 5) is 148. The molecule has 87 heavy (non-hydrogen) atoms. The zero-order valence-corrected chi connectivity index (χ0v) is 50.6. The average molecular weight is 1240 g/mol. The van der Waals surface area contributed by atoms with Gasteiger partial charge in [-0.2, -0.15) is 8.78 Å². The minimum absolute atomic E-state index is 0.0785. The first kappa shape index (κ1) is 64.0. The monoisotopic (exact) mass is 1240 g/mol. The van der Waals surface area contributed by atoms with Gasteiger partial charge in [-0.25, -0.2) is 9.32 Å². The first-order valence-corrected chi connectivity index (χ1v) is 31.3. The molecule has 10 amide bonds. The van der Waals surface area contributed by atoms with Crippen molar-refractivity contribution in [1.29, 1.82) is 0 Å². The predicted octanol–water partition coefficient (Wildman–Crippen LogP) is 4.37. The molecule has 0 bridgehead atoms. The Balaban J connectivity index is 0.863. The maximum atomic E-state index is 14.8. The fraction of sp³-hybridized carbons (Fsp3) is 0.492. The number of likely N-dealkylation sites (tertiary alicyclic amines) is 1. The number of imide groups is 1. The molecule has 9 rings (SSSR count). The van der Waals surface area contributed by atoms with Crippen molar-refractivity contribution in [3.8, 4) is 11.8 Å². The van der Waals surface area contributed by atoms with Crippen molar-refractivity contribution in [3.05, 3.63) is 105 Å². The number of nitrogens with one attached hydrogen (secondary N) is 5. The number of amides is 10. The van der Waals surface area contributed by atoms with E-state index in [0.717, 1.165) is 46.6 Å². The Labute approximate surface area is 507 Å². The van der Waals surface area contributed by atoms with E-state index in [0.29, 0.717) is 74.1 Å². The normalized spacial score (nSPS) is 21.0. The molecular weight excluding hydrogens is 1170 g/mol. The zero-order chi connectivity index (χ0) is 62.5. The zero-order valence-electron chi connectivity index (χ0n) is 48.9. The van der Waals surface area contributed by atoms with Crippen LogP contribution >= 0.6 is 19.9 Å². The van der Waals surface area contributed by atoms with Gasteiger partial charge in [-0.1, -0.05) is 69.9 Å². The second-order valence-corrected chi connectivity index (χ2v) is 25.6. The summed E-state index contributed by atoms with van der Waals surface area (Å²) < 4.78 is 33.7. The summed E-state index contributed by atoms with van der Waals surface area (Å²) in [5.41, 5.74) is 8.42. The lowest BCUT2D eigenvalue weighted by Gasteiger charge is -2.38. The van der Waals surface area contributed by atoms with Crippen molar-refractivity contribution in [2.45, 2.75) is 146 Å². The van der Waals surface area contributed by atoms with Gasteiger partial charge in [-0.3, -0.25) is 43.7 Å². The van der Waals surface area contributed by atoms with Gasteiger partial charge in [0, 0.05) is 80.4 Å². The van der Waals surface area contributed by atoms with Gasteiger partial charge >= 0.3 is 20.7 Å². The number of hydrogen-bond acceptors (Lipinski definition) is 14. The summed E-state index contributed by atoms with van der Waals surface area (Å²) in [6.45, 7) is 9.82. The molecule has 4 aromatic rings. The Morgan fingerprint density at radius 3 is 2.32 bits per heavy atom. The molecule has 5 aliphatic rings. The number of carbonyl (C=O) groups excluding carboxylic acids is 9. The van der Waals surface area contributed by atoms with E-state index >= 15 is 0 Å². The molecule has 0 aliphatic carbocycles. The minimum Gasteiger partial charge on any atom is -0.352 e. The number of urea groups is 1. The molecule has 3 aromatic carbocycles. The molecule has 26 heteroatoms. The topological polar surface area (TPSA) is 302 Å². The van der Waals surface area contributed by atoms with Gasteiger partial charge in [0.25, 0.3) is 11.8 Å². The molecule has 1 aromatic heterocycles. The molecule has 4 fully saturated rings. The second kappa shape index (κ2) is 27.3. The quantitative estimate of drug-likeness (QED) is 0.0391.